The number of imidazole rings is 1. The molecule has 0 saturated carbocycles. The van der Waals surface area contributed by atoms with E-state index in [1.54, 1.807) is 67.0 Å². The summed E-state index contributed by atoms with van der Waals surface area (Å²) in [6.45, 7) is 0.534. The lowest BCUT2D eigenvalue weighted by molar-refractivity contribution is 0.0920. The fraction of sp³-hybridized carbons (Fsp3) is 0.107. The number of fused-ring (bicyclic) bond motifs is 1. The van der Waals surface area contributed by atoms with E-state index >= 15 is 0 Å². The first kappa shape index (κ1) is 23.7. The number of H-pyrrole nitrogens is 1. The SMILES string of the molecule is Nc1ccccc1NC(=O)c1ccc(OCCNC(=O)c2cc3cccc(Cc4ncc[nH]4)c3o2)cc1. The summed E-state index contributed by atoms with van der Waals surface area (Å²) in [7, 11) is 0. The summed E-state index contributed by atoms with van der Waals surface area (Å²) in [5.41, 5.74) is 9.01. The number of carbonyl (C=O) groups excluding carboxylic acids is 2. The van der Waals surface area contributed by atoms with Gasteiger partial charge in [-0.1, -0.05) is 30.3 Å². The molecule has 5 N–H and O–H groups in total. The summed E-state index contributed by atoms with van der Waals surface area (Å²) in [6.07, 6.45) is 4.05. The first-order chi connectivity index (χ1) is 18.1. The Bertz CT molecular complexity index is 1520. The molecule has 0 unspecified atom stereocenters. The van der Waals surface area contributed by atoms with Crippen LogP contribution in [0, 0.1) is 0 Å². The van der Waals surface area contributed by atoms with E-state index in [9.17, 15) is 9.59 Å². The van der Waals surface area contributed by atoms with Gasteiger partial charge in [0, 0.05) is 35.3 Å². The van der Waals surface area contributed by atoms with Crippen LogP contribution in [0.15, 0.2) is 89.6 Å². The summed E-state index contributed by atoms with van der Waals surface area (Å²) in [4.78, 5) is 32.4. The normalized spacial score (nSPS) is 10.8. The zero-order chi connectivity index (χ0) is 25.6. The Kier molecular flexibility index (Phi) is 6.84. The number of furan rings is 1. The van der Waals surface area contributed by atoms with Crippen molar-refractivity contribution in [3.05, 3.63) is 108 Å². The van der Waals surface area contributed by atoms with Gasteiger partial charge in [-0.05, 0) is 42.5 Å². The molecule has 3 aromatic carbocycles. The number of anilines is 2. The van der Waals surface area contributed by atoms with Gasteiger partial charge in [0.1, 0.15) is 23.8 Å². The number of nitrogens with zero attached hydrogens (tertiary/aromatic N) is 1. The van der Waals surface area contributed by atoms with Crippen LogP contribution in [0.5, 0.6) is 5.75 Å². The van der Waals surface area contributed by atoms with E-state index < -0.39 is 0 Å². The van der Waals surface area contributed by atoms with Gasteiger partial charge >= 0.3 is 0 Å². The summed E-state index contributed by atoms with van der Waals surface area (Å²) in [5, 5.41) is 6.44. The second-order valence-corrected chi connectivity index (χ2v) is 8.33. The highest BCUT2D eigenvalue weighted by Crippen LogP contribution is 2.25. The molecular weight excluding hydrogens is 470 g/mol. The highest BCUT2D eigenvalue weighted by molar-refractivity contribution is 6.05. The highest BCUT2D eigenvalue weighted by atomic mass is 16.5. The van der Waals surface area contributed by atoms with Gasteiger partial charge in [0.15, 0.2) is 5.76 Å². The molecule has 9 heteroatoms. The molecule has 37 heavy (non-hydrogen) atoms. The van der Waals surface area contributed by atoms with Gasteiger partial charge in [-0.2, -0.15) is 0 Å². The number of hydrogen-bond donors (Lipinski definition) is 4. The third-order valence-corrected chi connectivity index (χ3v) is 5.74. The highest BCUT2D eigenvalue weighted by Gasteiger charge is 2.15. The van der Waals surface area contributed by atoms with Crippen molar-refractivity contribution in [3.8, 4) is 5.75 Å². The molecular formula is C28H25N5O4. The van der Waals surface area contributed by atoms with Gasteiger partial charge in [0.25, 0.3) is 11.8 Å². The smallest absolute Gasteiger partial charge is 0.287 e. The van der Waals surface area contributed by atoms with Crippen molar-refractivity contribution in [2.75, 3.05) is 24.2 Å². The molecule has 2 amide bonds. The number of nitrogens with one attached hydrogen (secondary N) is 3. The number of hydrogen-bond acceptors (Lipinski definition) is 6. The van der Waals surface area contributed by atoms with Crippen LogP contribution in [-0.4, -0.2) is 34.9 Å². The lowest BCUT2D eigenvalue weighted by Crippen LogP contribution is -2.27. The van der Waals surface area contributed by atoms with Crippen molar-refractivity contribution in [2.24, 2.45) is 0 Å². The van der Waals surface area contributed by atoms with E-state index in [0.717, 1.165) is 16.8 Å². The number of ether oxygens (including phenoxy) is 1. The molecule has 0 fully saturated rings. The predicted octanol–water partition coefficient (Wildman–Crippen LogP) is 4.39. The third kappa shape index (κ3) is 5.62. The number of rotatable bonds is 9. The van der Waals surface area contributed by atoms with Gasteiger partial charge < -0.3 is 30.5 Å². The number of para-hydroxylation sites is 3. The van der Waals surface area contributed by atoms with Crippen LogP contribution in [0.3, 0.4) is 0 Å². The zero-order valence-electron chi connectivity index (χ0n) is 19.9. The van der Waals surface area contributed by atoms with Crippen molar-refractivity contribution in [2.45, 2.75) is 6.42 Å². The number of aromatic amines is 1. The second-order valence-electron chi connectivity index (χ2n) is 8.33. The fourth-order valence-corrected chi connectivity index (χ4v) is 3.88. The minimum Gasteiger partial charge on any atom is -0.492 e. The molecule has 0 aliphatic heterocycles. The minimum atomic E-state index is -0.323. The van der Waals surface area contributed by atoms with Gasteiger partial charge in [-0.25, -0.2) is 4.98 Å². The van der Waals surface area contributed by atoms with E-state index in [-0.39, 0.29) is 30.7 Å². The van der Waals surface area contributed by atoms with Crippen LogP contribution in [-0.2, 0) is 6.42 Å². The number of nitrogen functional groups attached to an aromatic ring is 1. The Hall–Kier alpha value is -5.05. The average Bonchev–Trinajstić information content (AvgIpc) is 3.59. The summed E-state index contributed by atoms with van der Waals surface area (Å²) < 4.78 is 11.6. The largest absolute Gasteiger partial charge is 0.492 e. The Morgan fingerprint density at radius 2 is 1.84 bits per heavy atom. The van der Waals surface area contributed by atoms with Crippen LogP contribution in [0.1, 0.15) is 32.3 Å². The van der Waals surface area contributed by atoms with E-state index in [1.165, 1.54) is 0 Å². The molecule has 186 valence electrons. The van der Waals surface area contributed by atoms with Gasteiger partial charge in [-0.15, -0.1) is 0 Å². The second kappa shape index (κ2) is 10.7. The number of benzene rings is 3. The molecule has 0 saturated heterocycles. The number of aromatic nitrogens is 2. The van der Waals surface area contributed by atoms with Crippen molar-refractivity contribution >= 4 is 34.2 Å². The summed E-state index contributed by atoms with van der Waals surface area (Å²) in [6, 6.07) is 21.3. The Morgan fingerprint density at radius 3 is 2.62 bits per heavy atom. The molecule has 5 rings (SSSR count). The molecule has 0 radical (unpaired) electrons. The molecule has 2 aromatic heterocycles. The molecule has 0 atom stereocenters. The van der Waals surface area contributed by atoms with E-state index in [2.05, 4.69) is 20.6 Å². The third-order valence-electron chi connectivity index (χ3n) is 5.74. The fourth-order valence-electron chi connectivity index (χ4n) is 3.88. The number of carbonyl (C=O) groups is 2. The maximum atomic E-state index is 12.6. The average molecular weight is 496 g/mol. The number of nitrogens with two attached hydrogens (primary N) is 1. The van der Waals surface area contributed by atoms with Gasteiger partial charge in [0.05, 0.1) is 17.9 Å². The minimum absolute atomic E-state index is 0.233. The quantitative estimate of drug-likeness (QED) is 0.177. The lowest BCUT2D eigenvalue weighted by atomic mass is 10.1. The van der Waals surface area contributed by atoms with E-state index in [0.29, 0.717) is 34.7 Å². The van der Waals surface area contributed by atoms with Gasteiger partial charge in [0.2, 0.25) is 0 Å². The monoisotopic (exact) mass is 495 g/mol. The molecule has 5 aromatic rings. The molecule has 2 heterocycles. The molecule has 0 bridgehead atoms. The van der Waals surface area contributed by atoms with Crippen molar-refractivity contribution in [3.63, 3.8) is 0 Å². The van der Waals surface area contributed by atoms with E-state index in [1.807, 2.05) is 18.2 Å². The van der Waals surface area contributed by atoms with Crippen LogP contribution in [0.25, 0.3) is 11.0 Å². The lowest BCUT2D eigenvalue weighted by Gasteiger charge is -2.09. The van der Waals surface area contributed by atoms with Crippen molar-refractivity contribution in [1.29, 1.82) is 0 Å². The van der Waals surface area contributed by atoms with Crippen LogP contribution in [0.4, 0.5) is 11.4 Å². The van der Waals surface area contributed by atoms with Crippen LogP contribution < -0.4 is 21.1 Å². The van der Waals surface area contributed by atoms with Crippen molar-refractivity contribution < 1.29 is 18.7 Å². The van der Waals surface area contributed by atoms with Crippen LogP contribution in [0.2, 0.25) is 0 Å². The first-order valence-corrected chi connectivity index (χ1v) is 11.7. The van der Waals surface area contributed by atoms with E-state index in [4.69, 9.17) is 14.9 Å². The first-order valence-electron chi connectivity index (χ1n) is 11.7. The molecule has 0 aliphatic rings. The van der Waals surface area contributed by atoms with Crippen LogP contribution >= 0.6 is 0 Å². The zero-order valence-corrected chi connectivity index (χ0v) is 19.9. The topological polar surface area (TPSA) is 135 Å². The maximum Gasteiger partial charge on any atom is 0.287 e. The van der Waals surface area contributed by atoms with Crippen molar-refractivity contribution in [1.82, 2.24) is 15.3 Å². The standard InChI is InChI=1S/C28H25N5O4/c29-22-6-1-2-7-23(22)33-27(34)18-8-10-21(11-9-18)36-15-14-32-28(35)24-16-19-4-3-5-20(26(19)37-24)17-25-30-12-13-31-25/h1-13,16H,14-15,17,29H2,(H,30,31)(H,32,35)(H,33,34). The Labute approximate surface area is 212 Å². The Balaban J connectivity index is 1.12. The summed E-state index contributed by atoms with van der Waals surface area (Å²) >= 11 is 0. The molecule has 9 nitrogen and oxygen atoms in total. The number of amides is 2. The summed E-state index contributed by atoms with van der Waals surface area (Å²) in [5.74, 6) is 1.04. The molecule has 0 spiro atoms. The Morgan fingerprint density at radius 1 is 1.00 bits per heavy atom. The maximum absolute atomic E-state index is 12.6. The molecule has 0 aliphatic carbocycles. The predicted molar refractivity (Wildman–Crippen MR) is 141 cm³/mol. The van der Waals surface area contributed by atoms with Gasteiger partial charge in [-0.3, -0.25) is 9.59 Å².